The van der Waals surface area contributed by atoms with Gasteiger partial charge in [0.1, 0.15) is 0 Å². The van der Waals surface area contributed by atoms with E-state index in [1.165, 1.54) is 0 Å². The number of carbonyl (C=O) groups is 2. The van der Waals surface area contributed by atoms with Crippen molar-refractivity contribution in [1.29, 1.82) is 0 Å². The van der Waals surface area contributed by atoms with Crippen LogP contribution in [0.4, 0.5) is 0 Å². The molecule has 1 fully saturated rings. The lowest BCUT2D eigenvalue weighted by molar-refractivity contribution is -0.148. The standard InChI is InChI=1S/C12H22N2O4/c1-3-17-8-7-14-6-5-13-10(12(14)16)9-11(15)18-4-2/h10,13H,3-9H2,1-2H3. The molecule has 1 saturated heterocycles. The normalized spacial score (nSPS) is 20.0. The minimum Gasteiger partial charge on any atom is -0.466 e. The van der Waals surface area contributed by atoms with E-state index in [9.17, 15) is 9.59 Å². The molecule has 18 heavy (non-hydrogen) atoms. The van der Waals surface area contributed by atoms with Crippen LogP contribution in [0.15, 0.2) is 0 Å². The van der Waals surface area contributed by atoms with Crippen molar-refractivity contribution in [3.8, 4) is 0 Å². The topological polar surface area (TPSA) is 67.9 Å². The summed E-state index contributed by atoms with van der Waals surface area (Å²) in [5.41, 5.74) is 0. The van der Waals surface area contributed by atoms with Gasteiger partial charge in [0.15, 0.2) is 0 Å². The average molecular weight is 258 g/mol. The first-order chi connectivity index (χ1) is 8.69. The summed E-state index contributed by atoms with van der Waals surface area (Å²) in [7, 11) is 0. The zero-order valence-electron chi connectivity index (χ0n) is 11.1. The number of hydrogen-bond acceptors (Lipinski definition) is 5. The van der Waals surface area contributed by atoms with E-state index in [2.05, 4.69) is 5.32 Å². The minimum atomic E-state index is -0.459. The van der Waals surface area contributed by atoms with E-state index in [-0.39, 0.29) is 18.3 Å². The first-order valence-corrected chi connectivity index (χ1v) is 6.44. The molecule has 0 aromatic carbocycles. The number of carbonyl (C=O) groups excluding carboxylic acids is 2. The number of nitrogens with zero attached hydrogens (tertiary/aromatic N) is 1. The first-order valence-electron chi connectivity index (χ1n) is 6.44. The van der Waals surface area contributed by atoms with Crippen molar-refractivity contribution < 1.29 is 19.1 Å². The van der Waals surface area contributed by atoms with Gasteiger partial charge in [-0.2, -0.15) is 0 Å². The van der Waals surface area contributed by atoms with Crippen LogP contribution in [0.5, 0.6) is 0 Å². The maximum Gasteiger partial charge on any atom is 0.307 e. The van der Waals surface area contributed by atoms with E-state index in [1.54, 1.807) is 11.8 Å². The van der Waals surface area contributed by atoms with E-state index < -0.39 is 6.04 Å². The molecule has 0 aliphatic carbocycles. The number of nitrogens with one attached hydrogen (secondary N) is 1. The summed E-state index contributed by atoms with van der Waals surface area (Å²) in [6.07, 6.45) is 0.0950. The molecule has 1 unspecified atom stereocenters. The molecule has 1 amide bonds. The Balaban J connectivity index is 2.40. The van der Waals surface area contributed by atoms with Crippen molar-refractivity contribution in [3.63, 3.8) is 0 Å². The van der Waals surface area contributed by atoms with Crippen molar-refractivity contribution in [3.05, 3.63) is 0 Å². The van der Waals surface area contributed by atoms with Gasteiger partial charge in [-0.1, -0.05) is 0 Å². The van der Waals surface area contributed by atoms with Gasteiger partial charge in [0, 0.05) is 26.2 Å². The van der Waals surface area contributed by atoms with Crippen LogP contribution < -0.4 is 5.32 Å². The van der Waals surface area contributed by atoms with Crippen LogP contribution in [-0.4, -0.2) is 62.3 Å². The molecular weight excluding hydrogens is 236 g/mol. The van der Waals surface area contributed by atoms with E-state index >= 15 is 0 Å². The minimum absolute atomic E-state index is 0.0472. The third-order valence-corrected chi connectivity index (χ3v) is 2.77. The first kappa shape index (κ1) is 14.9. The Morgan fingerprint density at radius 2 is 2.22 bits per heavy atom. The second-order valence-corrected chi connectivity index (χ2v) is 4.04. The molecule has 1 N–H and O–H groups in total. The summed E-state index contributed by atoms with van der Waals surface area (Å²) in [5.74, 6) is -0.385. The van der Waals surface area contributed by atoms with Gasteiger partial charge in [0.25, 0.3) is 0 Å². The maximum atomic E-state index is 12.1. The molecule has 1 rings (SSSR count). The predicted octanol–water partition coefficient (Wildman–Crippen LogP) is -0.223. The SMILES string of the molecule is CCOCCN1CCNC(CC(=O)OCC)C1=O. The van der Waals surface area contributed by atoms with Gasteiger partial charge >= 0.3 is 5.97 Å². The zero-order valence-corrected chi connectivity index (χ0v) is 11.1. The largest absolute Gasteiger partial charge is 0.466 e. The fourth-order valence-corrected chi connectivity index (χ4v) is 1.88. The maximum absolute atomic E-state index is 12.1. The zero-order chi connectivity index (χ0) is 13.4. The lowest BCUT2D eigenvalue weighted by Gasteiger charge is -2.32. The number of amides is 1. The number of esters is 1. The summed E-state index contributed by atoms with van der Waals surface area (Å²) in [6.45, 7) is 7.13. The van der Waals surface area contributed by atoms with Crippen LogP contribution in [0.3, 0.4) is 0 Å². The highest BCUT2D eigenvalue weighted by Crippen LogP contribution is 2.06. The van der Waals surface area contributed by atoms with E-state index in [0.717, 1.165) is 0 Å². The highest BCUT2D eigenvalue weighted by Gasteiger charge is 2.30. The number of hydrogen-bond donors (Lipinski definition) is 1. The summed E-state index contributed by atoms with van der Waals surface area (Å²) in [4.78, 5) is 25.2. The Morgan fingerprint density at radius 1 is 1.44 bits per heavy atom. The molecule has 1 aliphatic heterocycles. The van der Waals surface area contributed by atoms with Crippen molar-refractivity contribution in [2.45, 2.75) is 26.3 Å². The van der Waals surface area contributed by atoms with Crippen molar-refractivity contribution in [1.82, 2.24) is 10.2 Å². The van der Waals surface area contributed by atoms with Gasteiger partial charge in [-0.25, -0.2) is 0 Å². The highest BCUT2D eigenvalue weighted by atomic mass is 16.5. The van der Waals surface area contributed by atoms with E-state index in [0.29, 0.717) is 39.5 Å². The Bertz CT molecular complexity index is 283. The number of rotatable bonds is 7. The Kier molecular flexibility index (Phi) is 6.67. The second-order valence-electron chi connectivity index (χ2n) is 4.04. The van der Waals surface area contributed by atoms with Gasteiger partial charge in [0.2, 0.25) is 5.91 Å². The van der Waals surface area contributed by atoms with Crippen LogP contribution in [0.25, 0.3) is 0 Å². The van der Waals surface area contributed by atoms with Crippen molar-refractivity contribution in [2.24, 2.45) is 0 Å². The molecule has 1 aliphatic rings. The quantitative estimate of drug-likeness (QED) is 0.505. The molecule has 0 spiro atoms. The lowest BCUT2D eigenvalue weighted by atomic mass is 10.1. The molecular formula is C12H22N2O4. The number of piperazine rings is 1. The molecule has 0 saturated carbocycles. The third-order valence-electron chi connectivity index (χ3n) is 2.77. The summed E-state index contributed by atoms with van der Waals surface area (Å²) in [6, 6.07) is -0.459. The smallest absolute Gasteiger partial charge is 0.307 e. The molecule has 0 radical (unpaired) electrons. The van der Waals surface area contributed by atoms with Gasteiger partial charge in [-0.3, -0.25) is 9.59 Å². The lowest BCUT2D eigenvalue weighted by Crippen LogP contribution is -2.56. The van der Waals surface area contributed by atoms with Crippen LogP contribution in [0.2, 0.25) is 0 Å². The van der Waals surface area contributed by atoms with Crippen LogP contribution in [-0.2, 0) is 19.1 Å². The van der Waals surface area contributed by atoms with E-state index in [1.807, 2.05) is 6.92 Å². The Hall–Kier alpha value is -1.14. The Labute approximate surface area is 108 Å². The summed E-state index contributed by atoms with van der Waals surface area (Å²) >= 11 is 0. The highest BCUT2D eigenvalue weighted by molar-refractivity contribution is 5.87. The average Bonchev–Trinajstić information content (AvgIpc) is 2.34. The third kappa shape index (κ3) is 4.62. The van der Waals surface area contributed by atoms with E-state index in [4.69, 9.17) is 9.47 Å². The molecule has 6 heteroatoms. The molecule has 1 atom stereocenters. The number of ether oxygens (including phenoxy) is 2. The Morgan fingerprint density at radius 3 is 2.89 bits per heavy atom. The van der Waals surface area contributed by atoms with Crippen LogP contribution in [0.1, 0.15) is 20.3 Å². The van der Waals surface area contributed by atoms with Crippen molar-refractivity contribution in [2.75, 3.05) is 39.5 Å². The molecule has 6 nitrogen and oxygen atoms in total. The van der Waals surface area contributed by atoms with Gasteiger partial charge in [-0.15, -0.1) is 0 Å². The van der Waals surface area contributed by atoms with Gasteiger partial charge in [-0.05, 0) is 13.8 Å². The fraction of sp³-hybridized carbons (Fsp3) is 0.833. The van der Waals surface area contributed by atoms with Gasteiger partial charge < -0.3 is 19.7 Å². The fourth-order valence-electron chi connectivity index (χ4n) is 1.88. The molecule has 104 valence electrons. The predicted molar refractivity (Wildman–Crippen MR) is 66.1 cm³/mol. The van der Waals surface area contributed by atoms with Crippen LogP contribution >= 0.6 is 0 Å². The summed E-state index contributed by atoms with van der Waals surface area (Å²) < 4.78 is 10.1. The molecule has 1 heterocycles. The molecule has 0 aromatic heterocycles. The monoisotopic (exact) mass is 258 g/mol. The van der Waals surface area contributed by atoms with Crippen LogP contribution in [0, 0.1) is 0 Å². The molecule has 0 aromatic rings. The summed E-state index contributed by atoms with van der Waals surface area (Å²) in [5, 5.41) is 3.05. The van der Waals surface area contributed by atoms with Gasteiger partial charge in [0.05, 0.1) is 25.7 Å². The second kappa shape index (κ2) is 8.05. The van der Waals surface area contributed by atoms with Crippen molar-refractivity contribution >= 4 is 11.9 Å². The molecule has 0 bridgehead atoms.